The van der Waals surface area contributed by atoms with E-state index in [1.165, 1.54) is 36.4 Å². The Bertz CT molecular complexity index is 853. The summed E-state index contributed by atoms with van der Waals surface area (Å²) >= 11 is 0. The summed E-state index contributed by atoms with van der Waals surface area (Å²) in [6.07, 6.45) is 1.01. The average Bonchev–Trinajstić information content (AvgIpc) is 2.56. The molecule has 0 saturated heterocycles. The van der Waals surface area contributed by atoms with Crippen LogP contribution < -0.4 is 5.32 Å². The number of rotatable bonds is 7. The van der Waals surface area contributed by atoms with Crippen molar-refractivity contribution in [1.82, 2.24) is 9.62 Å². The lowest BCUT2D eigenvalue weighted by Crippen LogP contribution is -2.40. The molecule has 0 aliphatic carbocycles. The van der Waals surface area contributed by atoms with Crippen LogP contribution in [0.15, 0.2) is 48.5 Å². The van der Waals surface area contributed by atoms with Crippen LogP contribution in [0.2, 0.25) is 0 Å². The van der Waals surface area contributed by atoms with E-state index in [9.17, 15) is 22.0 Å². The van der Waals surface area contributed by atoms with Crippen LogP contribution in [0.5, 0.6) is 0 Å². The summed E-state index contributed by atoms with van der Waals surface area (Å²) < 4.78 is 50.9. The van der Waals surface area contributed by atoms with Gasteiger partial charge in [-0.25, -0.2) is 17.2 Å². The number of nitrogens with one attached hydrogen (secondary N) is 1. The fourth-order valence-electron chi connectivity index (χ4n) is 2.37. The van der Waals surface area contributed by atoms with Crippen LogP contribution in [0.25, 0.3) is 0 Å². The van der Waals surface area contributed by atoms with Gasteiger partial charge in [0.05, 0.1) is 18.8 Å². The quantitative estimate of drug-likeness (QED) is 0.801. The Morgan fingerprint density at radius 3 is 2.04 bits per heavy atom. The number of sulfonamides is 1. The Morgan fingerprint density at radius 2 is 1.54 bits per heavy atom. The third-order valence-electron chi connectivity index (χ3n) is 3.81. The molecule has 0 fully saturated rings. The minimum Gasteiger partial charge on any atom is -0.348 e. The Morgan fingerprint density at radius 1 is 1.04 bits per heavy atom. The van der Waals surface area contributed by atoms with E-state index in [1.54, 1.807) is 19.1 Å². The van der Waals surface area contributed by atoms with Gasteiger partial charge in [0.15, 0.2) is 0 Å². The van der Waals surface area contributed by atoms with Gasteiger partial charge in [0, 0.05) is 6.54 Å². The molecule has 0 heterocycles. The molecule has 2 aromatic rings. The molecule has 2 aromatic carbocycles. The Hall–Kier alpha value is -2.32. The number of nitrogens with zero attached hydrogens (tertiary/aromatic N) is 1. The minimum atomic E-state index is -3.65. The van der Waals surface area contributed by atoms with E-state index in [4.69, 9.17) is 0 Å². The molecular weight excluding hydrogens is 362 g/mol. The second-order valence-corrected chi connectivity index (χ2v) is 7.98. The molecule has 0 saturated carbocycles. The van der Waals surface area contributed by atoms with E-state index in [2.05, 4.69) is 5.32 Å². The summed E-state index contributed by atoms with van der Waals surface area (Å²) in [5, 5.41) is 2.69. The zero-order chi connectivity index (χ0) is 19.3. The molecule has 0 bridgehead atoms. The van der Waals surface area contributed by atoms with Crippen molar-refractivity contribution in [1.29, 1.82) is 0 Å². The second kappa shape index (κ2) is 8.37. The molecule has 0 aliphatic heterocycles. The molecule has 2 rings (SSSR count). The van der Waals surface area contributed by atoms with Gasteiger partial charge in [-0.05, 0) is 42.3 Å². The Balaban J connectivity index is 2.04. The van der Waals surface area contributed by atoms with E-state index >= 15 is 0 Å². The predicted octanol–water partition coefficient (Wildman–Crippen LogP) is 2.60. The lowest BCUT2D eigenvalue weighted by atomic mass is 10.1. The van der Waals surface area contributed by atoms with Gasteiger partial charge in [-0.15, -0.1) is 0 Å². The third-order valence-corrected chi connectivity index (χ3v) is 5.00. The Labute approximate surface area is 151 Å². The molecular formula is C18H20F2N2O3S. The molecule has 1 atom stereocenters. The molecule has 0 radical (unpaired) electrons. The monoisotopic (exact) mass is 382 g/mol. The largest absolute Gasteiger partial charge is 0.348 e. The van der Waals surface area contributed by atoms with Crippen LogP contribution in [0.1, 0.15) is 24.1 Å². The number of benzene rings is 2. The van der Waals surface area contributed by atoms with Crippen molar-refractivity contribution >= 4 is 15.9 Å². The smallest absolute Gasteiger partial charge is 0.235 e. The Kier molecular flexibility index (Phi) is 6.44. The van der Waals surface area contributed by atoms with Crippen molar-refractivity contribution in [2.24, 2.45) is 0 Å². The van der Waals surface area contributed by atoms with E-state index < -0.39 is 27.8 Å². The maximum absolute atomic E-state index is 13.0. The van der Waals surface area contributed by atoms with Crippen molar-refractivity contribution in [3.05, 3.63) is 71.3 Å². The minimum absolute atomic E-state index is 0.0442. The highest BCUT2D eigenvalue weighted by Gasteiger charge is 2.21. The first-order chi connectivity index (χ1) is 12.1. The van der Waals surface area contributed by atoms with Crippen LogP contribution in [0, 0.1) is 11.6 Å². The first-order valence-corrected chi connectivity index (χ1v) is 9.74. The normalized spacial score (nSPS) is 12.8. The number of carbonyl (C=O) groups excluding carboxylic acids is 1. The van der Waals surface area contributed by atoms with Crippen LogP contribution in [-0.4, -0.2) is 31.4 Å². The van der Waals surface area contributed by atoms with Crippen molar-refractivity contribution in [3.63, 3.8) is 0 Å². The van der Waals surface area contributed by atoms with Gasteiger partial charge in [-0.2, -0.15) is 4.31 Å². The van der Waals surface area contributed by atoms with Gasteiger partial charge >= 0.3 is 0 Å². The highest BCUT2D eigenvalue weighted by Crippen LogP contribution is 2.14. The number of carbonyl (C=O) groups is 1. The maximum atomic E-state index is 13.0. The molecule has 0 spiro atoms. The molecule has 1 unspecified atom stereocenters. The third kappa shape index (κ3) is 5.89. The van der Waals surface area contributed by atoms with Gasteiger partial charge in [0.1, 0.15) is 11.6 Å². The van der Waals surface area contributed by atoms with Crippen LogP contribution in [0.3, 0.4) is 0 Å². The molecule has 140 valence electrons. The van der Waals surface area contributed by atoms with E-state index in [1.807, 2.05) is 0 Å². The maximum Gasteiger partial charge on any atom is 0.235 e. The summed E-state index contributed by atoms with van der Waals surface area (Å²) in [6, 6.07) is 10.7. The molecule has 1 amide bonds. The molecule has 0 aromatic heterocycles. The van der Waals surface area contributed by atoms with Gasteiger partial charge in [-0.3, -0.25) is 4.79 Å². The number of hydrogen-bond donors (Lipinski definition) is 1. The van der Waals surface area contributed by atoms with Crippen molar-refractivity contribution in [2.45, 2.75) is 19.5 Å². The van der Waals surface area contributed by atoms with E-state index in [0.29, 0.717) is 11.1 Å². The van der Waals surface area contributed by atoms with Gasteiger partial charge in [0.25, 0.3) is 0 Å². The van der Waals surface area contributed by atoms with Crippen LogP contribution in [0.4, 0.5) is 8.78 Å². The molecule has 0 aliphatic rings. The summed E-state index contributed by atoms with van der Waals surface area (Å²) in [5.74, 6) is -1.30. The zero-order valence-electron chi connectivity index (χ0n) is 14.4. The first-order valence-electron chi connectivity index (χ1n) is 7.89. The first kappa shape index (κ1) is 20.0. The molecule has 1 N–H and O–H groups in total. The van der Waals surface area contributed by atoms with Crippen molar-refractivity contribution in [2.75, 3.05) is 12.8 Å². The van der Waals surface area contributed by atoms with Gasteiger partial charge in [-0.1, -0.05) is 24.3 Å². The lowest BCUT2D eigenvalue weighted by Gasteiger charge is -2.21. The summed E-state index contributed by atoms with van der Waals surface area (Å²) in [5.41, 5.74) is 1.26. The van der Waals surface area contributed by atoms with Crippen molar-refractivity contribution in [3.8, 4) is 0 Å². The summed E-state index contributed by atoms with van der Waals surface area (Å²) in [6.45, 7) is 1.30. The highest BCUT2D eigenvalue weighted by atomic mass is 32.2. The van der Waals surface area contributed by atoms with Gasteiger partial charge in [0.2, 0.25) is 15.9 Å². The summed E-state index contributed by atoms with van der Waals surface area (Å²) in [4.78, 5) is 12.2. The van der Waals surface area contributed by atoms with Crippen LogP contribution >= 0.6 is 0 Å². The predicted molar refractivity (Wildman–Crippen MR) is 94.6 cm³/mol. The number of halogens is 2. The lowest BCUT2D eigenvalue weighted by molar-refractivity contribution is -0.122. The summed E-state index contributed by atoms with van der Waals surface area (Å²) in [7, 11) is -3.65. The molecule has 5 nitrogen and oxygen atoms in total. The van der Waals surface area contributed by atoms with Gasteiger partial charge < -0.3 is 5.32 Å². The molecule has 26 heavy (non-hydrogen) atoms. The van der Waals surface area contributed by atoms with E-state index in [0.717, 1.165) is 10.6 Å². The zero-order valence-corrected chi connectivity index (χ0v) is 15.3. The molecule has 8 heteroatoms. The highest BCUT2D eigenvalue weighted by molar-refractivity contribution is 7.88. The number of amides is 1. The second-order valence-electron chi connectivity index (χ2n) is 6.00. The number of hydrogen-bond acceptors (Lipinski definition) is 3. The fourth-order valence-corrected chi connectivity index (χ4v) is 3.10. The average molecular weight is 382 g/mol. The standard InChI is InChI=1S/C18H20F2N2O3S/c1-13(15-5-9-17(20)10-6-15)21-18(23)12-22(26(2,24)25)11-14-3-7-16(19)8-4-14/h3-10,13H,11-12H2,1-2H3,(H,21,23). The van der Waals surface area contributed by atoms with E-state index in [-0.39, 0.29) is 18.9 Å². The SMILES string of the molecule is CC(NC(=O)CN(Cc1ccc(F)cc1)S(C)(=O)=O)c1ccc(F)cc1. The van der Waals surface area contributed by atoms with Crippen molar-refractivity contribution < 1.29 is 22.0 Å². The fraction of sp³-hybridized carbons (Fsp3) is 0.278. The topological polar surface area (TPSA) is 66.5 Å². The van der Waals surface area contributed by atoms with Crippen LogP contribution in [-0.2, 0) is 21.4 Å².